The van der Waals surface area contributed by atoms with Gasteiger partial charge in [-0.15, -0.1) is 0 Å². The first-order chi connectivity index (χ1) is 15.1. The Morgan fingerprint density at radius 1 is 1.19 bits per heavy atom. The molecule has 2 amide bonds. The van der Waals surface area contributed by atoms with E-state index in [1.54, 1.807) is 18.2 Å². The fraction of sp³-hybridized carbons (Fsp3) is 0.333. The van der Waals surface area contributed by atoms with Crippen LogP contribution in [0.5, 0.6) is 0 Å². The van der Waals surface area contributed by atoms with Crippen LogP contribution in [0.15, 0.2) is 41.6 Å². The van der Waals surface area contributed by atoms with Gasteiger partial charge in [-0.1, -0.05) is 34.4 Å². The number of hydrogen-bond acceptors (Lipinski definition) is 3. The molecule has 4 rings (SSSR count). The van der Waals surface area contributed by atoms with E-state index in [4.69, 9.17) is 28.0 Å². The summed E-state index contributed by atoms with van der Waals surface area (Å²) in [6.45, 7) is -0.388. The molecule has 5 nitrogen and oxygen atoms in total. The summed E-state index contributed by atoms with van der Waals surface area (Å²) >= 11 is 11.9. The predicted molar refractivity (Wildman–Crippen MR) is 113 cm³/mol. The zero-order valence-corrected chi connectivity index (χ0v) is 18.0. The normalized spacial score (nSPS) is 20.1. The number of nitrogens with one attached hydrogen (secondary N) is 1. The van der Waals surface area contributed by atoms with Crippen LogP contribution in [-0.4, -0.2) is 37.7 Å². The Morgan fingerprint density at radius 2 is 1.91 bits per heavy atom. The summed E-state index contributed by atoms with van der Waals surface area (Å²) < 4.78 is 54.8. The van der Waals surface area contributed by atoms with Gasteiger partial charge in [0.25, 0.3) is 5.60 Å². The Hall–Kier alpha value is -2.52. The topological polar surface area (TPSA) is 53.9 Å². The van der Waals surface area contributed by atoms with Crippen molar-refractivity contribution >= 4 is 40.6 Å². The minimum absolute atomic E-state index is 0.0526. The molecule has 0 bridgehead atoms. The van der Waals surface area contributed by atoms with Crippen LogP contribution in [0.2, 0.25) is 10.0 Å². The van der Waals surface area contributed by atoms with E-state index in [-0.39, 0.29) is 27.9 Å². The minimum Gasteiger partial charge on any atom is -0.374 e. The molecule has 2 aliphatic rings. The lowest BCUT2D eigenvalue weighted by atomic mass is 9.86. The zero-order chi connectivity index (χ0) is 23.1. The number of halogens is 6. The highest BCUT2D eigenvalue weighted by Gasteiger charge is 2.62. The standard InChI is InChI=1S/C21H17Cl2F4N3O2/c22-15-8-14(9-16(23)10-15)20(21(25,26)27)11-17(29-32-20)12-1-2-18-13(7-12)3-6-30(18)19(31)28-5-4-24/h1-2,7-10H,3-6,11H2,(H,28,31). The van der Waals surface area contributed by atoms with Gasteiger partial charge in [-0.05, 0) is 47.9 Å². The molecule has 1 N–H and O–H groups in total. The van der Waals surface area contributed by atoms with Crippen LogP contribution >= 0.6 is 23.2 Å². The van der Waals surface area contributed by atoms with Crippen molar-refractivity contribution in [1.29, 1.82) is 0 Å². The third-order valence-electron chi connectivity index (χ3n) is 5.44. The first kappa shape index (κ1) is 22.7. The molecule has 1 unspecified atom stereocenters. The quantitative estimate of drug-likeness (QED) is 0.566. The zero-order valence-electron chi connectivity index (χ0n) is 16.5. The van der Waals surface area contributed by atoms with Crippen LogP contribution in [0, 0.1) is 0 Å². The molecule has 1 atom stereocenters. The number of rotatable bonds is 4. The third kappa shape index (κ3) is 3.99. The number of hydrogen-bond donors (Lipinski definition) is 1. The maximum Gasteiger partial charge on any atom is 0.435 e. The maximum atomic E-state index is 14.2. The molecule has 2 heterocycles. The number of fused-ring (bicyclic) bond motifs is 1. The molecule has 2 aliphatic heterocycles. The van der Waals surface area contributed by atoms with E-state index in [0.717, 1.165) is 17.7 Å². The van der Waals surface area contributed by atoms with E-state index >= 15 is 0 Å². The fourth-order valence-corrected chi connectivity index (χ4v) is 4.41. The van der Waals surface area contributed by atoms with Crippen molar-refractivity contribution in [3.05, 3.63) is 63.1 Å². The smallest absolute Gasteiger partial charge is 0.374 e. The van der Waals surface area contributed by atoms with Crippen LogP contribution in [0.1, 0.15) is 23.1 Å². The van der Waals surface area contributed by atoms with Gasteiger partial charge in [0.1, 0.15) is 6.67 Å². The molecule has 0 fully saturated rings. The third-order valence-corrected chi connectivity index (χ3v) is 5.88. The summed E-state index contributed by atoms with van der Waals surface area (Å²) in [5, 5.41) is 6.32. The second kappa shape index (κ2) is 8.44. The largest absolute Gasteiger partial charge is 0.435 e. The Bertz CT molecular complexity index is 1070. The molecule has 0 saturated heterocycles. The molecule has 0 saturated carbocycles. The summed E-state index contributed by atoms with van der Waals surface area (Å²) in [6, 6.07) is 8.15. The van der Waals surface area contributed by atoms with Crippen LogP contribution in [-0.2, 0) is 16.9 Å². The highest BCUT2D eigenvalue weighted by atomic mass is 35.5. The first-order valence-electron chi connectivity index (χ1n) is 9.67. The Balaban J connectivity index is 1.62. The first-order valence-corrected chi connectivity index (χ1v) is 10.4. The Labute approximate surface area is 190 Å². The van der Waals surface area contributed by atoms with E-state index in [0.29, 0.717) is 24.2 Å². The van der Waals surface area contributed by atoms with Crippen molar-refractivity contribution in [1.82, 2.24) is 5.32 Å². The van der Waals surface area contributed by atoms with E-state index in [9.17, 15) is 22.4 Å². The number of amides is 2. The molecule has 0 spiro atoms. The second-order valence-electron chi connectivity index (χ2n) is 7.45. The lowest BCUT2D eigenvalue weighted by molar-refractivity contribution is -0.275. The summed E-state index contributed by atoms with van der Waals surface area (Å²) in [4.78, 5) is 18.7. The van der Waals surface area contributed by atoms with Gasteiger partial charge in [-0.3, -0.25) is 4.90 Å². The number of carbonyl (C=O) groups is 1. The minimum atomic E-state index is -4.78. The summed E-state index contributed by atoms with van der Waals surface area (Å²) in [7, 11) is 0. The number of carbonyl (C=O) groups excluding carboxylic acids is 1. The van der Waals surface area contributed by atoms with Crippen LogP contribution in [0.4, 0.5) is 28.0 Å². The summed E-state index contributed by atoms with van der Waals surface area (Å²) in [5.74, 6) is 0. The lowest BCUT2D eigenvalue weighted by Crippen LogP contribution is -2.42. The van der Waals surface area contributed by atoms with Crippen molar-refractivity contribution in [2.75, 3.05) is 24.7 Å². The molecule has 0 aromatic heterocycles. The van der Waals surface area contributed by atoms with Crippen LogP contribution in [0.25, 0.3) is 0 Å². The molecule has 11 heteroatoms. The number of alkyl halides is 4. The number of nitrogens with zero attached hydrogens (tertiary/aromatic N) is 2. The van der Waals surface area contributed by atoms with Gasteiger partial charge in [0.2, 0.25) is 0 Å². The van der Waals surface area contributed by atoms with E-state index < -0.39 is 30.9 Å². The van der Waals surface area contributed by atoms with Gasteiger partial charge >= 0.3 is 12.2 Å². The SMILES string of the molecule is O=C(NCCF)N1CCc2cc(C3=NOC(c4cc(Cl)cc(Cl)c4)(C(F)(F)F)C3)ccc21. The van der Waals surface area contributed by atoms with E-state index in [1.165, 1.54) is 11.0 Å². The van der Waals surface area contributed by atoms with Gasteiger partial charge in [-0.2, -0.15) is 13.2 Å². The number of urea groups is 1. The van der Waals surface area contributed by atoms with Gasteiger partial charge in [0.05, 0.1) is 5.71 Å². The number of anilines is 1. The van der Waals surface area contributed by atoms with E-state index in [1.807, 2.05) is 0 Å². The average molecular weight is 490 g/mol. The molecular weight excluding hydrogens is 473 g/mol. The van der Waals surface area contributed by atoms with Crippen molar-refractivity contribution in [2.24, 2.45) is 5.16 Å². The fourth-order valence-electron chi connectivity index (χ4n) is 3.89. The van der Waals surface area contributed by atoms with Crippen molar-refractivity contribution in [3.8, 4) is 0 Å². The molecule has 170 valence electrons. The highest BCUT2D eigenvalue weighted by Crippen LogP contribution is 2.50. The summed E-state index contributed by atoms with van der Waals surface area (Å²) in [5.41, 5.74) is -0.994. The molecule has 0 radical (unpaired) electrons. The number of benzene rings is 2. The molecule has 0 aliphatic carbocycles. The molecule has 2 aromatic rings. The monoisotopic (exact) mass is 489 g/mol. The second-order valence-corrected chi connectivity index (χ2v) is 8.33. The van der Waals surface area contributed by atoms with Crippen LogP contribution in [0.3, 0.4) is 0 Å². The maximum absolute atomic E-state index is 14.2. The Morgan fingerprint density at radius 3 is 2.56 bits per heavy atom. The van der Waals surface area contributed by atoms with Crippen molar-refractivity contribution < 1.29 is 27.2 Å². The average Bonchev–Trinajstić information content (AvgIpc) is 3.36. The predicted octanol–water partition coefficient (Wildman–Crippen LogP) is 5.62. The van der Waals surface area contributed by atoms with Crippen molar-refractivity contribution in [2.45, 2.75) is 24.6 Å². The van der Waals surface area contributed by atoms with Gasteiger partial charge in [-0.25, -0.2) is 9.18 Å². The van der Waals surface area contributed by atoms with Gasteiger partial charge < -0.3 is 10.2 Å². The lowest BCUT2D eigenvalue weighted by Gasteiger charge is -2.29. The Kier molecular flexibility index (Phi) is 5.98. The summed E-state index contributed by atoms with van der Waals surface area (Å²) in [6.07, 6.45) is -4.84. The van der Waals surface area contributed by atoms with Gasteiger partial charge in [0.15, 0.2) is 0 Å². The molecule has 32 heavy (non-hydrogen) atoms. The van der Waals surface area contributed by atoms with E-state index in [2.05, 4.69) is 10.5 Å². The number of oxime groups is 1. The molecular formula is C21H17Cl2F4N3O2. The highest BCUT2D eigenvalue weighted by molar-refractivity contribution is 6.34. The van der Waals surface area contributed by atoms with Crippen LogP contribution < -0.4 is 10.2 Å². The van der Waals surface area contributed by atoms with Gasteiger partial charge in [0, 0.05) is 40.8 Å². The van der Waals surface area contributed by atoms with Crippen molar-refractivity contribution in [3.63, 3.8) is 0 Å². The molecule has 2 aromatic carbocycles.